The highest BCUT2D eigenvalue weighted by molar-refractivity contribution is 6.42. The molecule has 3 rings (SSSR count). The van der Waals surface area contributed by atoms with E-state index < -0.39 is 0 Å². The van der Waals surface area contributed by atoms with Crippen LogP contribution in [0.25, 0.3) is 0 Å². The summed E-state index contributed by atoms with van der Waals surface area (Å²) < 4.78 is 1.88. The average Bonchev–Trinajstić information content (AvgIpc) is 2.60. The van der Waals surface area contributed by atoms with Crippen molar-refractivity contribution in [3.63, 3.8) is 0 Å². The molecule has 1 aromatic carbocycles. The van der Waals surface area contributed by atoms with E-state index in [1.54, 1.807) is 6.07 Å². The van der Waals surface area contributed by atoms with Crippen molar-refractivity contribution < 1.29 is 0 Å². The van der Waals surface area contributed by atoms with Crippen molar-refractivity contribution in [1.29, 1.82) is 0 Å². The van der Waals surface area contributed by atoms with Gasteiger partial charge in [-0.25, -0.2) is 0 Å². The highest BCUT2D eigenvalue weighted by Crippen LogP contribution is 2.29. The Morgan fingerprint density at radius 3 is 2.81 bits per heavy atom. The molecule has 1 N–H and O–H groups in total. The van der Waals surface area contributed by atoms with E-state index in [0.717, 1.165) is 49.1 Å². The Morgan fingerprint density at radius 2 is 2.08 bits per heavy atom. The van der Waals surface area contributed by atoms with Crippen LogP contribution < -0.4 is 10.9 Å². The van der Waals surface area contributed by atoms with Gasteiger partial charge in [-0.15, -0.1) is 0 Å². The third kappa shape index (κ3) is 4.40. The predicted octanol–water partition coefficient (Wildman–Crippen LogP) is 4.94. The van der Waals surface area contributed by atoms with Gasteiger partial charge in [0.25, 0.3) is 5.56 Å². The van der Waals surface area contributed by atoms with Crippen molar-refractivity contribution in [3.8, 4) is 0 Å². The van der Waals surface area contributed by atoms with Crippen LogP contribution in [0.3, 0.4) is 0 Å². The molecule has 138 valence electrons. The van der Waals surface area contributed by atoms with Crippen LogP contribution in [0.1, 0.15) is 42.6 Å². The summed E-state index contributed by atoms with van der Waals surface area (Å²) >= 11 is 12.1. The third-order valence-corrected chi connectivity index (χ3v) is 5.57. The summed E-state index contributed by atoms with van der Waals surface area (Å²) in [6.07, 6.45) is 3.99. The third-order valence-electron chi connectivity index (χ3n) is 4.83. The van der Waals surface area contributed by atoms with Crippen molar-refractivity contribution >= 4 is 23.2 Å². The lowest BCUT2D eigenvalue weighted by Gasteiger charge is -2.29. The van der Waals surface area contributed by atoms with Crippen LogP contribution in [-0.4, -0.2) is 11.1 Å². The maximum absolute atomic E-state index is 12.3. The number of nitrogens with one attached hydrogen (secondary N) is 1. The van der Waals surface area contributed by atoms with Crippen LogP contribution >= 0.6 is 23.2 Å². The van der Waals surface area contributed by atoms with E-state index in [-0.39, 0.29) is 11.6 Å². The fourth-order valence-electron chi connectivity index (χ4n) is 3.60. The minimum atomic E-state index is 0.0585. The average molecular weight is 391 g/mol. The van der Waals surface area contributed by atoms with Crippen LogP contribution in [0, 0.1) is 0 Å². The van der Waals surface area contributed by atoms with E-state index in [1.807, 2.05) is 35.8 Å². The molecule has 0 amide bonds. The number of rotatable bonds is 6. The van der Waals surface area contributed by atoms with Gasteiger partial charge in [0.2, 0.25) is 0 Å². The summed E-state index contributed by atoms with van der Waals surface area (Å²) in [7, 11) is 0. The molecule has 5 heteroatoms. The van der Waals surface area contributed by atoms with Crippen molar-refractivity contribution in [2.24, 2.45) is 0 Å². The van der Waals surface area contributed by atoms with Crippen LogP contribution in [0.4, 0.5) is 0 Å². The Balaban J connectivity index is 1.72. The number of allylic oxidation sites excluding steroid dienone is 1. The standard InChI is InChI=1S/C21H24Cl2N2O/c1-14(2)13-25-20-5-3-4-19(16(20)7-9-21(25)26)24-11-10-15-6-8-17(22)18(23)12-15/h6-9,12,19,24H,1,3-5,10-11,13H2,2H3. The van der Waals surface area contributed by atoms with Crippen LogP contribution in [0.2, 0.25) is 10.0 Å². The molecule has 0 spiro atoms. The first-order chi connectivity index (χ1) is 12.5. The second-order valence-corrected chi connectivity index (χ2v) is 7.83. The summed E-state index contributed by atoms with van der Waals surface area (Å²) in [5, 5.41) is 4.82. The lowest BCUT2D eigenvalue weighted by Crippen LogP contribution is -2.32. The Kier molecular flexibility index (Phi) is 6.23. The lowest BCUT2D eigenvalue weighted by molar-refractivity contribution is 0.445. The number of hydrogen-bond donors (Lipinski definition) is 1. The fourth-order valence-corrected chi connectivity index (χ4v) is 3.92. The Labute approximate surface area is 164 Å². The van der Waals surface area contributed by atoms with Gasteiger partial charge < -0.3 is 9.88 Å². The second-order valence-electron chi connectivity index (χ2n) is 7.01. The van der Waals surface area contributed by atoms with Crippen molar-refractivity contribution in [2.45, 2.75) is 45.2 Å². The Bertz CT molecular complexity index is 873. The summed E-state index contributed by atoms with van der Waals surface area (Å²) in [5.74, 6) is 0. The summed E-state index contributed by atoms with van der Waals surface area (Å²) in [6.45, 7) is 7.36. The minimum absolute atomic E-state index is 0.0585. The first-order valence-electron chi connectivity index (χ1n) is 9.00. The molecular formula is C21H24Cl2N2O. The van der Waals surface area contributed by atoms with Crippen LogP contribution in [0.15, 0.2) is 47.3 Å². The monoisotopic (exact) mass is 390 g/mol. The zero-order valence-electron chi connectivity index (χ0n) is 15.0. The van der Waals surface area contributed by atoms with Crippen molar-refractivity contribution in [2.75, 3.05) is 6.54 Å². The second kappa shape index (κ2) is 8.43. The van der Waals surface area contributed by atoms with Gasteiger partial charge >= 0.3 is 0 Å². The van der Waals surface area contributed by atoms with Crippen molar-refractivity contribution in [1.82, 2.24) is 9.88 Å². The fraction of sp³-hybridized carbons (Fsp3) is 0.381. The lowest BCUT2D eigenvalue weighted by atomic mass is 9.90. The molecule has 26 heavy (non-hydrogen) atoms. The molecule has 0 aliphatic heterocycles. The van der Waals surface area contributed by atoms with Gasteiger partial charge in [-0.1, -0.05) is 47.5 Å². The smallest absolute Gasteiger partial charge is 0.251 e. The topological polar surface area (TPSA) is 34.0 Å². The molecule has 1 heterocycles. The molecule has 1 aliphatic rings. The maximum Gasteiger partial charge on any atom is 0.251 e. The molecule has 0 fully saturated rings. The predicted molar refractivity (Wildman–Crippen MR) is 109 cm³/mol. The van der Waals surface area contributed by atoms with E-state index in [2.05, 4.69) is 11.9 Å². The zero-order chi connectivity index (χ0) is 18.7. The van der Waals surface area contributed by atoms with Gasteiger partial charge in [0.15, 0.2) is 0 Å². The highest BCUT2D eigenvalue weighted by atomic mass is 35.5. The molecule has 1 aromatic heterocycles. The van der Waals surface area contributed by atoms with E-state index >= 15 is 0 Å². The van der Waals surface area contributed by atoms with Gasteiger partial charge in [-0.2, -0.15) is 0 Å². The van der Waals surface area contributed by atoms with Gasteiger partial charge in [-0.3, -0.25) is 4.79 Å². The maximum atomic E-state index is 12.3. The summed E-state index contributed by atoms with van der Waals surface area (Å²) in [4.78, 5) is 12.3. The number of pyridine rings is 1. The summed E-state index contributed by atoms with van der Waals surface area (Å²) in [5.41, 5.74) is 4.61. The van der Waals surface area contributed by atoms with E-state index in [0.29, 0.717) is 16.6 Å². The summed E-state index contributed by atoms with van der Waals surface area (Å²) in [6, 6.07) is 9.72. The molecule has 3 nitrogen and oxygen atoms in total. The number of nitrogens with zero attached hydrogens (tertiary/aromatic N) is 1. The van der Waals surface area contributed by atoms with Gasteiger partial charge in [0.1, 0.15) is 0 Å². The van der Waals surface area contributed by atoms with Crippen LogP contribution in [-0.2, 0) is 19.4 Å². The number of benzene rings is 1. The number of halogens is 2. The first kappa shape index (κ1) is 19.2. The largest absolute Gasteiger partial charge is 0.310 e. The van der Waals surface area contributed by atoms with Gasteiger partial charge in [-0.05, 0) is 62.4 Å². The molecule has 1 atom stereocenters. The van der Waals surface area contributed by atoms with E-state index in [4.69, 9.17) is 23.2 Å². The minimum Gasteiger partial charge on any atom is -0.310 e. The quantitative estimate of drug-likeness (QED) is 0.708. The molecule has 1 unspecified atom stereocenters. The molecule has 0 saturated heterocycles. The Hall–Kier alpha value is -1.55. The number of fused-ring (bicyclic) bond motifs is 1. The van der Waals surface area contributed by atoms with E-state index in [1.165, 1.54) is 5.56 Å². The highest BCUT2D eigenvalue weighted by Gasteiger charge is 2.22. The molecule has 2 aromatic rings. The normalized spacial score (nSPS) is 16.3. The number of aromatic nitrogens is 1. The van der Waals surface area contributed by atoms with Gasteiger partial charge in [0.05, 0.1) is 10.0 Å². The molecule has 0 radical (unpaired) electrons. The molecule has 0 bridgehead atoms. The first-order valence-corrected chi connectivity index (χ1v) is 9.75. The molecule has 0 saturated carbocycles. The van der Waals surface area contributed by atoms with E-state index in [9.17, 15) is 4.79 Å². The SMILES string of the molecule is C=C(C)Cn1c2c(ccc1=O)C(NCCc1ccc(Cl)c(Cl)c1)CCC2. The van der Waals surface area contributed by atoms with Crippen LogP contribution in [0.5, 0.6) is 0 Å². The molecule has 1 aliphatic carbocycles. The molecular weight excluding hydrogens is 367 g/mol. The Morgan fingerprint density at radius 1 is 1.27 bits per heavy atom. The number of hydrogen-bond acceptors (Lipinski definition) is 2. The van der Waals surface area contributed by atoms with Gasteiger partial charge in [0, 0.05) is 24.3 Å². The zero-order valence-corrected chi connectivity index (χ0v) is 16.5. The van der Waals surface area contributed by atoms with Crippen molar-refractivity contribution in [3.05, 3.63) is 79.7 Å².